The van der Waals surface area contributed by atoms with Gasteiger partial charge in [0.1, 0.15) is 0 Å². The number of aromatic amines is 1. The molecule has 0 bridgehead atoms. The molecule has 2 aromatic heterocycles. The fourth-order valence-electron chi connectivity index (χ4n) is 2.62. The predicted molar refractivity (Wildman–Crippen MR) is 87.1 cm³/mol. The Hall–Kier alpha value is -3.14. The molecule has 0 atom stereocenters. The van der Waals surface area contributed by atoms with E-state index in [1.54, 1.807) is 17.1 Å². The summed E-state index contributed by atoms with van der Waals surface area (Å²) >= 11 is 0. The molecule has 0 aliphatic carbocycles. The van der Waals surface area contributed by atoms with Gasteiger partial charge in [-0.05, 0) is 17.7 Å². The summed E-state index contributed by atoms with van der Waals surface area (Å²) in [6, 6.07) is 19.5. The second-order valence-electron chi connectivity index (χ2n) is 5.06. The summed E-state index contributed by atoms with van der Waals surface area (Å²) in [7, 11) is 0. The molecule has 4 rings (SSSR count). The number of pyridine rings is 1. The molecule has 106 valence electrons. The Balaban J connectivity index is 2.01. The molecule has 4 heteroatoms. The maximum absolute atomic E-state index is 12.6. The van der Waals surface area contributed by atoms with Gasteiger partial charge in [-0.25, -0.2) is 4.68 Å². The smallest absolute Gasteiger partial charge is 0.280 e. The Morgan fingerprint density at radius 3 is 2.27 bits per heavy atom. The number of benzene rings is 2. The SMILES string of the molecule is O=c1c2cncc(-c3ccccc3)c2[nH]n1-c1ccccc1. The zero-order chi connectivity index (χ0) is 14.9. The van der Waals surface area contributed by atoms with E-state index in [-0.39, 0.29) is 5.56 Å². The second-order valence-corrected chi connectivity index (χ2v) is 5.06. The molecule has 0 aliphatic heterocycles. The van der Waals surface area contributed by atoms with Gasteiger partial charge in [0, 0.05) is 18.0 Å². The van der Waals surface area contributed by atoms with Gasteiger partial charge in [0.15, 0.2) is 0 Å². The molecule has 4 aromatic rings. The Morgan fingerprint density at radius 1 is 0.864 bits per heavy atom. The maximum Gasteiger partial charge on any atom is 0.280 e. The van der Waals surface area contributed by atoms with E-state index in [9.17, 15) is 4.79 Å². The van der Waals surface area contributed by atoms with Crippen LogP contribution in [0.5, 0.6) is 0 Å². The molecule has 2 heterocycles. The third kappa shape index (κ3) is 1.93. The minimum Gasteiger partial charge on any atom is -0.290 e. The Kier molecular flexibility index (Phi) is 2.86. The van der Waals surface area contributed by atoms with E-state index in [4.69, 9.17) is 0 Å². The molecule has 0 fully saturated rings. The van der Waals surface area contributed by atoms with E-state index in [0.29, 0.717) is 5.39 Å². The van der Waals surface area contributed by atoms with Crippen LogP contribution in [0.1, 0.15) is 0 Å². The molecule has 2 aromatic carbocycles. The van der Waals surface area contributed by atoms with Gasteiger partial charge in [-0.15, -0.1) is 0 Å². The number of nitrogens with zero attached hydrogens (tertiary/aromatic N) is 2. The van der Waals surface area contributed by atoms with Crippen molar-refractivity contribution in [1.29, 1.82) is 0 Å². The van der Waals surface area contributed by atoms with Crippen molar-refractivity contribution in [3.8, 4) is 16.8 Å². The van der Waals surface area contributed by atoms with Crippen LogP contribution in [0.25, 0.3) is 27.7 Å². The highest BCUT2D eigenvalue weighted by molar-refractivity contribution is 5.92. The summed E-state index contributed by atoms with van der Waals surface area (Å²) in [4.78, 5) is 16.8. The normalized spacial score (nSPS) is 10.9. The van der Waals surface area contributed by atoms with Gasteiger partial charge in [0.05, 0.1) is 16.6 Å². The van der Waals surface area contributed by atoms with Crippen LogP contribution < -0.4 is 5.56 Å². The summed E-state index contributed by atoms with van der Waals surface area (Å²) in [6.45, 7) is 0. The zero-order valence-electron chi connectivity index (χ0n) is 11.7. The van der Waals surface area contributed by atoms with Crippen molar-refractivity contribution >= 4 is 10.9 Å². The molecule has 0 spiro atoms. The van der Waals surface area contributed by atoms with Crippen LogP contribution in [0, 0.1) is 0 Å². The van der Waals surface area contributed by atoms with E-state index in [1.807, 2.05) is 60.7 Å². The number of hydrogen-bond acceptors (Lipinski definition) is 2. The van der Waals surface area contributed by atoms with Gasteiger partial charge in [-0.2, -0.15) is 0 Å². The lowest BCUT2D eigenvalue weighted by Crippen LogP contribution is -2.13. The van der Waals surface area contributed by atoms with Crippen molar-refractivity contribution in [2.45, 2.75) is 0 Å². The molecule has 0 saturated carbocycles. The van der Waals surface area contributed by atoms with Crippen molar-refractivity contribution in [2.75, 3.05) is 0 Å². The molecular weight excluding hydrogens is 274 g/mol. The molecule has 0 saturated heterocycles. The number of para-hydroxylation sites is 1. The van der Waals surface area contributed by atoms with Crippen LogP contribution in [-0.4, -0.2) is 14.8 Å². The van der Waals surface area contributed by atoms with Crippen LogP contribution in [0.2, 0.25) is 0 Å². The molecule has 0 aliphatic rings. The summed E-state index contributed by atoms with van der Waals surface area (Å²) in [5, 5.41) is 3.80. The topological polar surface area (TPSA) is 50.7 Å². The first-order valence-electron chi connectivity index (χ1n) is 7.04. The summed E-state index contributed by atoms with van der Waals surface area (Å²) in [5.74, 6) is 0. The predicted octanol–water partition coefficient (Wildman–Crippen LogP) is 3.38. The first-order valence-corrected chi connectivity index (χ1v) is 7.04. The molecule has 1 N–H and O–H groups in total. The van der Waals surface area contributed by atoms with Crippen molar-refractivity contribution in [3.05, 3.63) is 83.4 Å². The number of hydrogen-bond donors (Lipinski definition) is 1. The average Bonchev–Trinajstić information content (AvgIpc) is 2.94. The minimum atomic E-state index is -0.0912. The fraction of sp³-hybridized carbons (Fsp3) is 0. The average molecular weight is 287 g/mol. The third-order valence-corrected chi connectivity index (χ3v) is 3.70. The highest BCUT2D eigenvalue weighted by atomic mass is 16.1. The summed E-state index contributed by atoms with van der Waals surface area (Å²) in [6.07, 6.45) is 3.39. The van der Waals surface area contributed by atoms with E-state index < -0.39 is 0 Å². The van der Waals surface area contributed by atoms with Crippen molar-refractivity contribution in [1.82, 2.24) is 14.8 Å². The third-order valence-electron chi connectivity index (χ3n) is 3.70. The monoisotopic (exact) mass is 287 g/mol. The number of H-pyrrole nitrogens is 1. The van der Waals surface area contributed by atoms with Gasteiger partial charge >= 0.3 is 0 Å². The summed E-state index contributed by atoms with van der Waals surface area (Å²) in [5.41, 5.74) is 3.47. The lowest BCUT2D eigenvalue weighted by Gasteiger charge is -2.02. The number of rotatable bonds is 2. The zero-order valence-corrected chi connectivity index (χ0v) is 11.7. The number of aromatic nitrogens is 3. The van der Waals surface area contributed by atoms with Crippen molar-refractivity contribution < 1.29 is 0 Å². The first kappa shape index (κ1) is 12.6. The Bertz CT molecular complexity index is 985. The standard InChI is InChI=1S/C18H13N3O/c22-18-16-12-19-11-15(13-7-3-1-4-8-13)17(16)20-21(18)14-9-5-2-6-10-14/h1-12,20H. The van der Waals surface area contributed by atoms with Gasteiger partial charge in [0.2, 0.25) is 0 Å². The van der Waals surface area contributed by atoms with E-state index in [2.05, 4.69) is 10.1 Å². The van der Waals surface area contributed by atoms with Gasteiger partial charge in [-0.1, -0.05) is 48.5 Å². The highest BCUT2D eigenvalue weighted by Gasteiger charge is 2.12. The van der Waals surface area contributed by atoms with Crippen LogP contribution in [0.3, 0.4) is 0 Å². The molecule has 0 radical (unpaired) electrons. The molecular formula is C18H13N3O. The lowest BCUT2D eigenvalue weighted by atomic mass is 10.1. The minimum absolute atomic E-state index is 0.0912. The van der Waals surface area contributed by atoms with Crippen LogP contribution in [-0.2, 0) is 0 Å². The van der Waals surface area contributed by atoms with Crippen LogP contribution in [0.15, 0.2) is 77.9 Å². The molecule has 0 unspecified atom stereocenters. The van der Waals surface area contributed by atoms with Crippen molar-refractivity contribution in [3.63, 3.8) is 0 Å². The molecule has 4 nitrogen and oxygen atoms in total. The largest absolute Gasteiger partial charge is 0.290 e. The van der Waals surface area contributed by atoms with Gasteiger partial charge < -0.3 is 0 Å². The number of nitrogens with one attached hydrogen (secondary N) is 1. The van der Waals surface area contributed by atoms with Crippen LogP contribution >= 0.6 is 0 Å². The van der Waals surface area contributed by atoms with E-state index >= 15 is 0 Å². The van der Waals surface area contributed by atoms with E-state index in [1.165, 1.54) is 0 Å². The van der Waals surface area contributed by atoms with Gasteiger partial charge in [-0.3, -0.25) is 14.9 Å². The van der Waals surface area contributed by atoms with E-state index in [0.717, 1.165) is 22.3 Å². The fourth-order valence-corrected chi connectivity index (χ4v) is 2.62. The maximum atomic E-state index is 12.6. The lowest BCUT2D eigenvalue weighted by molar-refractivity contribution is 0.864. The Morgan fingerprint density at radius 2 is 1.55 bits per heavy atom. The number of fused-ring (bicyclic) bond motifs is 1. The van der Waals surface area contributed by atoms with Crippen molar-refractivity contribution in [2.24, 2.45) is 0 Å². The molecule has 0 amide bonds. The second kappa shape index (κ2) is 5.00. The first-order chi connectivity index (χ1) is 10.8. The summed E-state index contributed by atoms with van der Waals surface area (Å²) < 4.78 is 1.55. The van der Waals surface area contributed by atoms with Crippen LogP contribution in [0.4, 0.5) is 0 Å². The highest BCUT2D eigenvalue weighted by Crippen LogP contribution is 2.25. The Labute approximate surface area is 126 Å². The van der Waals surface area contributed by atoms with Gasteiger partial charge in [0.25, 0.3) is 5.56 Å². The molecule has 22 heavy (non-hydrogen) atoms. The quantitative estimate of drug-likeness (QED) is 0.614.